The van der Waals surface area contributed by atoms with Gasteiger partial charge in [0.2, 0.25) is 0 Å². The molecule has 0 fully saturated rings. The Labute approximate surface area is 105 Å². The molecule has 2 N–H and O–H groups in total. The number of phenolic OH excluding ortho intramolecular Hbond substituents is 1. The number of nitrogens with one attached hydrogen (secondary N) is 1. The van der Waals surface area contributed by atoms with Crippen LogP contribution in [0.3, 0.4) is 0 Å². The van der Waals surface area contributed by atoms with Crippen LogP contribution in [0.15, 0.2) is 29.6 Å². The van der Waals surface area contributed by atoms with Gasteiger partial charge >= 0.3 is 0 Å². The van der Waals surface area contributed by atoms with Crippen molar-refractivity contribution in [2.45, 2.75) is 19.4 Å². The fourth-order valence-electron chi connectivity index (χ4n) is 2.47. The normalized spacial score (nSPS) is 19.0. The highest BCUT2D eigenvalue weighted by atomic mass is 32.1. The van der Waals surface area contributed by atoms with Crippen LogP contribution in [-0.2, 0) is 6.42 Å². The van der Waals surface area contributed by atoms with Crippen molar-refractivity contribution in [3.63, 3.8) is 0 Å². The quantitative estimate of drug-likeness (QED) is 0.809. The van der Waals surface area contributed by atoms with Crippen LogP contribution in [0.1, 0.15) is 27.6 Å². The summed E-state index contributed by atoms with van der Waals surface area (Å²) < 4.78 is 0. The van der Waals surface area contributed by atoms with E-state index in [1.807, 2.05) is 12.1 Å². The van der Waals surface area contributed by atoms with Gasteiger partial charge in [0.1, 0.15) is 5.75 Å². The molecule has 0 radical (unpaired) electrons. The predicted molar refractivity (Wildman–Crippen MR) is 70.7 cm³/mol. The van der Waals surface area contributed by atoms with Crippen LogP contribution in [0, 0.1) is 6.92 Å². The maximum Gasteiger partial charge on any atom is 0.115 e. The third kappa shape index (κ3) is 1.85. The smallest absolute Gasteiger partial charge is 0.115 e. The van der Waals surface area contributed by atoms with E-state index in [4.69, 9.17) is 0 Å². The predicted octanol–water partition coefficient (Wildman–Crippen LogP) is 3.00. The molecule has 2 aromatic rings. The van der Waals surface area contributed by atoms with E-state index < -0.39 is 0 Å². The largest absolute Gasteiger partial charge is 0.508 e. The monoisotopic (exact) mass is 245 g/mol. The van der Waals surface area contributed by atoms with Crippen molar-refractivity contribution in [3.05, 3.63) is 51.2 Å². The summed E-state index contributed by atoms with van der Waals surface area (Å²) in [4.78, 5) is 1.39. The van der Waals surface area contributed by atoms with Gasteiger partial charge in [-0.3, -0.25) is 0 Å². The standard InChI is InChI=1S/C14H15NOS/c1-9-5-7-17-14(9)13-12-3-2-11(16)8-10(12)4-6-15-13/h2-3,5,7-8,13,15-16H,4,6H2,1H3. The molecule has 3 heteroatoms. The minimum absolute atomic E-state index is 0.291. The number of phenols is 1. The lowest BCUT2D eigenvalue weighted by molar-refractivity contribution is 0.471. The highest BCUT2D eigenvalue weighted by Gasteiger charge is 2.23. The molecule has 0 amide bonds. The Morgan fingerprint density at radius 1 is 1.35 bits per heavy atom. The molecule has 17 heavy (non-hydrogen) atoms. The number of rotatable bonds is 1. The van der Waals surface area contributed by atoms with E-state index in [2.05, 4.69) is 23.7 Å². The second-order valence-electron chi connectivity index (χ2n) is 4.49. The van der Waals surface area contributed by atoms with Gasteiger partial charge in [0.05, 0.1) is 6.04 Å². The molecule has 0 spiro atoms. The molecular formula is C14H15NOS. The highest BCUT2D eigenvalue weighted by Crippen LogP contribution is 2.34. The van der Waals surface area contributed by atoms with Gasteiger partial charge in [-0.1, -0.05) is 6.07 Å². The SMILES string of the molecule is Cc1ccsc1C1NCCc2cc(O)ccc21. The summed E-state index contributed by atoms with van der Waals surface area (Å²) in [5.74, 6) is 0.368. The second-order valence-corrected chi connectivity index (χ2v) is 5.44. The Balaban J connectivity index is 2.08. The molecule has 1 aromatic heterocycles. The van der Waals surface area contributed by atoms with E-state index in [1.165, 1.54) is 21.6 Å². The van der Waals surface area contributed by atoms with Gasteiger partial charge in [-0.05, 0) is 53.6 Å². The van der Waals surface area contributed by atoms with Gasteiger partial charge in [-0.25, -0.2) is 0 Å². The molecule has 0 aliphatic carbocycles. The van der Waals surface area contributed by atoms with Crippen LogP contribution in [0.4, 0.5) is 0 Å². The molecule has 2 heterocycles. The summed E-state index contributed by atoms with van der Waals surface area (Å²) >= 11 is 1.80. The fraction of sp³-hybridized carbons (Fsp3) is 0.286. The van der Waals surface area contributed by atoms with E-state index in [-0.39, 0.29) is 0 Å². The molecule has 1 atom stereocenters. The van der Waals surface area contributed by atoms with E-state index in [1.54, 1.807) is 17.4 Å². The zero-order chi connectivity index (χ0) is 11.8. The Hall–Kier alpha value is -1.32. The molecule has 2 nitrogen and oxygen atoms in total. The van der Waals surface area contributed by atoms with E-state index in [9.17, 15) is 5.11 Å². The average molecular weight is 245 g/mol. The van der Waals surface area contributed by atoms with Crippen LogP contribution in [0.2, 0.25) is 0 Å². The average Bonchev–Trinajstić information content (AvgIpc) is 2.74. The first kappa shape index (κ1) is 10.8. The number of thiophene rings is 1. The Morgan fingerprint density at radius 2 is 2.24 bits per heavy atom. The molecule has 1 aliphatic rings. The van der Waals surface area contributed by atoms with Gasteiger partial charge in [-0.15, -0.1) is 11.3 Å². The summed E-state index contributed by atoms with van der Waals surface area (Å²) in [6.45, 7) is 3.13. The number of fused-ring (bicyclic) bond motifs is 1. The maximum absolute atomic E-state index is 9.54. The minimum atomic E-state index is 0.291. The zero-order valence-corrected chi connectivity index (χ0v) is 10.6. The summed E-state index contributed by atoms with van der Waals surface area (Å²) in [6, 6.07) is 8.17. The van der Waals surface area contributed by atoms with Gasteiger partial charge in [0.25, 0.3) is 0 Å². The van der Waals surface area contributed by atoms with Gasteiger partial charge in [0.15, 0.2) is 0 Å². The lowest BCUT2D eigenvalue weighted by atomic mass is 9.92. The van der Waals surface area contributed by atoms with Crippen molar-refractivity contribution in [2.24, 2.45) is 0 Å². The lowest BCUT2D eigenvalue weighted by Crippen LogP contribution is -2.30. The van der Waals surface area contributed by atoms with Crippen molar-refractivity contribution in [2.75, 3.05) is 6.54 Å². The van der Waals surface area contributed by atoms with Crippen LogP contribution in [-0.4, -0.2) is 11.7 Å². The molecule has 1 unspecified atom stereocenters. The van der Waals surface area contributed by atoms with E-state index >= 15 is 0 Å². The number of benzene rings is 1. The Kier molecular flexibility index (Phi) is 2.65. The fourth-order valence-corrected chi connectivity index (χ4v) is 3.48. The van der Waals surface area contributed by atoms with Crippen molar-refractivity contribution >= 4 is 11.3 Å². The third-order valence-corrected chi connectivity index (χ3v) is 4.43. The molecule has 3 rings (SSSR count). The molecule has 0 bridgehead atoms. The first-order valence-electron chi connectivity index (χ1n) is 5.85. The first-order valence-corrected chi connectivity index (χ1v) is 6.73. The minimum Gasteiger partial charge on any atom is -0.508 e. The topological polar surface area (TPSA) is 32.3 Å². The van der Waals surface area contributed by atoms with Gasteiger partial charge < -0.3 is 10.4 Å². The molecule has 1 aromatic carbocycles. The molecule has 88 valence electrons. The van der Waals surface area contributed by atoms with Crippen molar-refractivity contribution in [1.82, 2.24) is 5.32 Å². The number of aryl methyl sites for hydroxylation is 1. The molecular weight excluding hydrogens is 230 g/mol. The van der Waals surface area contributed by atoms with Crippen LogP contribution in [0.5, 0.6) is 5.75 Å². The zero-order valence-electron chi connectivity index (χ0n) is 9.73. The summed E-state index contributed by atoms with van der Waals surface area (Å²) in [6.07, 6.45) is 0.991. The number of hydrogen-bond donors (Lipinski definition) is 2. The van der Waals surface area contributed by atoms with Gasteiger partial charge in [-0.2, -0.15) is 0 Å². The van der Waals surface area contributed by atoms with E-state index in [0.717, 1.165) is 13.0 Å². The third-order valence-electron chi connectivity index (χ3n) is 3.34. The Bertz CT molecular complexity index is 547. The summed E-state index contributed by atoms with van der Waals surface area (Å²) in [5, 5.41) is 15.2. The van der Waals surface area contributed by atoms with Crippen LogP contribution >= 0.6 is 11.3 Å². The number of hydrogen-bond acceptors (Lipinski definition) is 3. The highest BCUT2D eigenvalue weighted by molar-refractivity contribution is 7.10. The van der Waals surface area contributed by atoms with Crippen LogP contribution in [0.25, 0.3) is 0 Å². The van der Waals surface area contributed by atoms with Crippen LogP contribution < -0.4 is 5.32 Å². The molecule has 1 aliphatic heterocycles. The summed E-state index contributed by atoms with van der Waals surface area (Å²) in [7, 11) is 0. The second kappa shape index (κ2) is 4.17. The lowest BCUT2D eigenvalue weighted by Gasteiger charge is -2.27. The van der Waals surface area contributed by atoms with Crippen molar-refractivity contribution in [1.29, 1.82) is 0 Å². The van der Waals surface area contributed by atoms with E-state index in [0.29, 0.717) is 11.8 Å². The van der Waals surface area contributed by atoms with Crippen molar-refractivity contribution < 1.29 is 5.11 Å². The number of aromatic hydroxyl groups is 1. The first-order chi connectivity index (χ1) is 8.25. The van der Waals surface area contributed by atoms with Crippen molar-refractivity contribution in [3.8, 4) is 5.75 Å². The maximum atomic E-state index is 9.54. The van der Waals surface area contributed by atoms with Gasteiger partial charge in [0, 0.05) is 11.4 Å². The Morgan fingerprint density at radius 3 is 3.00 bits per heavy atom. The molecule has 0 saturated heterocycles. The molecule has 0 saturated carbocycles. The summed E-state index contributed by atoms with van der Waals surface area (Å²) in [5.41, 5.74) is 3.91.